The molecule has 2 aromatic carbocycles. The molecule has 0 bridgehead atoms. The zero-order valence-corrected chi connectivity index (χ0v) is 16.2. The van der Waals surface area contributed by atoms with Crippen molar-refractivity contribution in [2.75, 3.05) is 25.6 Å². The SMILES string of the molecule is COCCOc1ccc(Nc2nc3c(cnn3-c3ccccc3)c(=O)[nH]2)c(C)c1. The molecular weight excluding hydrogens is 370 g/mol. The van der Waals surface area contributed by atoms with Gasteiger partial charge in [-0.2, -0.15) is 10.1 Å². The first-order chi connectivity index (χ1) is 14.2. The highest BCUT2D eigenvalue weighted by molar-refractivity contribution is 5.77. The molecule has 4 aromatic rings. The van der Waals surface area contributed by atoms with Gasteiger partial charge in [-0.05, 0) is 42.8 Å². The second-order valence-electron chi connectivity index (χ2n) is 6.49. The summed E-state index contributed by atoms with van der Waals surface area (Å²) in [5, 5.41) is 7.93. The Balaban J connectivity index is 1.64. The van der Waals surface area contributed by atoms with Crippen LogP contribution in [0, 0.1) is 6.92 Å². The number of benzene rings is 2. The van der Waals surface area contributed by atoms with Crippen molar-refractivity contribution in [1.82, 2.24) is 19.7 Å². The van der Waals surface area contributed by atoms with Crippen molar-refractivity contribution in [2.24, 2.45) is 0 Å². The molecule has 2 N–H and O–H groups in total. The van der Waals surface area contributed by atoms with Gasteiger partial charge in [-0.3, -0.25) is 9.78 Å². The number of aromatic amines is 1. The van der Waals surface area contributed by atoms with E-state index in [0.29, 0.717) is 30.2 Å². The minimum atomic E-state index is -0.253. The number of methoxy groups -OCH3 is 1. The molecule has 0 aliphatic carbocycles. The summed E-state index contributed by atoms with van der Waals surface area (Å²) in [5.41, 5.74) is 2.84. The summed E-state index contributed by atoms with van der Waals surface area (Å²) >= 11 is 0. The zero-order valence-electron chi connectivity index (χ0n) is 16.2. The van der Waals surface area contributed by atoms with E-state index in [-0.39, 0.29) is 5.56 Å². The number of anilines is 2. The topological polar surface area (TPSA) is 94.1 Å². The third-order valence-electron chi connectivity index (χ3n) is 4.45. The van der Waals surface area contributed by atoms with Gasteiger partial charge in [0.05, 0.1) is 18.5 Å². The Bertz CT molecular complexity index is 1180. The monoisotopic (exact) mass is 391 g/mol. The molecule has 0 atom stereocenters. The fourth-order valence-corrected chi connectivity index (χ4v) is 2.97. The molecule has 0 aliphatic rings. The number of aromatic nitrogens is 4. The Kier molecular flexibility index (Phi) is 5.26. The van der Waals surface area contributed by atoms with E-state index in [0.717, 1.165) is 22.7 Å². The van der Waals surface area contributed by atoms with E-state index in [4.69, 9.17) is 9.47 Å². The predicted molar refractivity (Wildman–Crippen MR) is 111 cm³/mol. The summed E-state index contributed by atoms with van der Waals surface area (Å²) in [6.07, 6.45) is 1.52. The van der Waals surface area contributed by atoms with E-state index < -0.39 is 0 Å². The minimum Gasteiger partial charge on any atom is -0.491 e. The van der Waals surface area contributed by atoms with Gasteiger partial charge < -0.3 is 14.8 Å². The first kappa shape index (κ1) is 18.7. The lowest BCUT2D eigenvalue weighted by Gasteiger charge is -2.12. The van der Waals surface area contributed by atoms with Crippen molar-refractivity contribution in [3.8, 4) is 11.4 Å². The standard InChI is InChI=1S/C21H21N5O3/c1-14-12-16(29-11-10-28-2)8-9-18(14)23-21-24-19-17(20(27)25-21)13-22-26(19)15-6-4-3-5-7-15/h3-9,12-13H,10-11H2,1-2H3,(H2,23,24,25,27). The number of fused-ring (bicyclic) bond motifs is 1. The number of H-pyrrole nitrogens is 1. The van der Waals surface area contributed by atoms with Gasteiger partial charge in [0.15, 0.2) is 5.65 Å². The molecule has 0 fully saturated rings. The quantitative estimate of drug-likeness (QED) is 0.470. The highest BCUT2D eigenvalue weighted by atomic mass is 16.5. The van der Waals surface area contributed by atoms with Gasteiger partial charge in [0.25, 0.3) is 5.56 Å². The van der Waals surface area contributed by atoms with E-state index in [2.05, 4.69) is 20.4 Å². The molecule has 0 saturated carbocycles. The lowest BCUT2D eigenvalue weighted by atomic mass is 10.2. The molecule has 148 valence electrons. The maximum Gasteiger partial charge on any atom is 0.263 e. The van der Waals surface area contributed by atoms with Crippen LogP contribution in [0.2, 0.25) is 0 Å². The summed E-state index contributed by atoms with van der Waals surface area (Å²) in [5.74, 6) is 1.10. The van der Waals surface area contributed by atoms with Gasteiger partial charge >= 0.3 is 0 Å². The van der Waals surface area contributed by atoms with E-state index >= 15 is 0 Å². The highest BCUT2D eigenvalue weighted by Gasteiger charge is 2.12. The molecule has 0 aliphatic heterocycles. The number of rotatable bonds is 7. The second kappa shape index (κ2) is 8.15. The van der Waals surface area contributed by atoms with E-state index in [1.807, 2.05) is 55.5 Å². The van der Waals surface area contributed by atoms with Gasteiger partial charge in [-0.25, -0.2) is 4.68 Å². The fourth-order valence-electron chi connectivity index (χ4n) is 2.97. The van der Waals surface area contributed by atoms with Crippen LogP contribution in [0.5, 0.6) is 5.75 Å². The van der Waals surface area contributed by atoms with Crippen LogP contribution in [-0.2, 0) is 4.74 Å². The molecule has 8 heteroatoms. The number of hydrogen-bond donors (Lipinski definition) is 2. The first-order valence-corrected chi connectivity index (χ1v) is 9.18. The van der Waals surface area contributed by atoms with Gasteiger partial charge in [0, 0.05) is 12.8 Å². The van der Waals surface area contributed by atoms with Gasteiger partial charge in [-0.1, -0.05) is 18.2 Å². The number of aryl methyl sites for hydroxylation is 1. The number of nitrogens with zero attached hydrogens (tertiary/aromatic N) is 3. The Hall–Kier alpha value is -3.65. The second-order valence-corrected chi connectivity index (χ2v) is 6.49. The average molecular weight is 391 g/mol. The number of nitrogens with one attached hydrogen (secondary N) is 2. The number of para-hydroxylation sites is 1. The van der Waals surface area contributed by atoms with Crippen LogP contribution in [0.3, 0.4) is 0 Å². The molecular formula is C21H21N5O3. The molecule has 2 heterocycles. The van der Waals surface area contributed by atoms with Crippen LogP contribution >= 0.6 is 0 Å². The smallest absolute Gasteiger partial charge is 0.263 e. The zero-order chi connectivity index (χ0) is 20.2. The van der Waals surface area contributed by atoms with Gasteiger partial charge in [-0.15, -0.1) is 0 Å². The van der Waals surface area contributed by atoms with E-state index in [1.165, 1.54) is 6.20 Å². The highest BCUT2D eigenvalue weighted by Crippen LogP contribution is 2.24. The Morgan fingerprint density at radius 1 is 1.14 bits per heavy atom. The summed E-state index contributed by atoms with van der Waals surface area (Å²) in [6.45, 7) is 2.97. The first-order valence-electron chi connectivity index (χ1n) is 9.18. The maximum absolute atomic E-state index is 12.5. The molecule has 0 amide bonds. The Morgan fingerprint density at radius 2 is 1.97 bits per heavy atom. The fraction of sp³-hybridized carbons (Fsp3) is 0.190. The minimum absolute atomic E-state index is 0.253. The lowest BCUT2D eigenvalue weighted by molar-refractivity contribution is 0.146. The molecule has 4 rings (SSSR count). The van der Waals surface area contributed by atoms with Gasteiger partial charge in [0.2, 0.25) is 5.95 Å². The maximum atomic E-state index is 12.5. The third-order valence-corrected chi connectivity index (χ3v) is 4.45. The average Bonchev–Trinajstić information content (AvgIpc) is 3.15. The van der Waals surface area contributed by atoms with Crippen molar-refractivity contribution < 1.29 is 9.47 Å². The summed E-state index contributed by atoms with van der Waals surface area (Å²) in [4.78, 5) is 19.8. The van der Waals surface area contributed by atoms with Crippen LogP contribution in [0.25, 0.3) is 16.7 Å². The van der Waals surface area contributed by atoms with Crippen molar-refractivity contribution in [3.05, 3.63) is 70.6 Å². The molecule has 0 radical (unpaired) electrons. The molecule has 0 spiro atoms. The van der Waals surface area contributed by atoms with Crippen LogP contribution in [-0.4, -0.2) is 40.1 Å². The van der Waals surface area contributed by atoms with Crippen LogP contribution < -0.4 is 15.6 Å². The third kappa shape index (κ3) is 3.97. The largest absolute Gasteiger partial charge is 0.491 e. The predicted octanol–water partition coefficient (Wildman–Crippen LogP) is 3.19. The van der Waals surface area contributed by atoms with Crippen LogP contribution in [0.4, 0.5) is 11.6 Å². The summed E-state index contributed by atoms with van der Waals surface area (Å²) in [6, 6.07) is 15.2. The Labute approximate surface area is 167 Å². The summed E-state index contributed by atoms with van der Waals surface area (Å²) in [7, 11) is 1.63. The normalized spacial score (nSPS) is 11.0. The molecule has 29 heavy (non-hydrogen) atoms. The molecule has 0 saturated heterocycles. The molecule has 0 unspecified atom stereocenters. The Morgan fingerprint density at radius 3 is 2.72 bits per heavy atom. The van der Waals surface area contributed by atoms with E-state index in [9.17, 15) is 4.79 Å². The van der Waals surface area contributed by atoms with Crippen molar-refractivity contribution in [3.63, 3.8) is 0 Å². The summed E-state index contributed by atoms with van der Waals surface area (Å²) < 4.78 is 12.3. The lowest BCUT2D eigenvalue weighted by Crippen LogP contribution is -2.12. The molecule has 2 aromatic heterocycles. The van der Waals surface area contributed by atoms with Crippen LogP contribution in [0.1, 0.15) is 5.56 Å². The van der Waals surface area contributed by atoms with Crippen molar-refractivity contribution in [2.45, 2.75) is 6.92 Å². The van der Waals surface area contributed by atoms with Crippen LogP contribution in [0.15, 0.2) is 59.5 Å². The van der Waals surface area contributed by atoms with E-state index in [1.54, 1.807) is 11.8 Å². The van der Waals surface area contributed by atoms with Crippen molar-refractivity contribution in [1.29, 1.82) is 0 Å². The number of hydrogen-bond acceptors (Lipinski definition) is 6. The molecule has 8 nitrogen and oxygen atoms in total. The van der Waals surface area contributed by atoms with Crippen molar-refractivity contribution >= 4 is 22.7 Å². The number of ether oxygens (including phenoxy) is 2. The van der Waals surface area contributed by atoms with Gasteiger partial charge in [0.1, 0.15) is 17.7 Å².